The van der Waals surface area contributed by atoms with Gasteiger partial charge in [-0.2, -0.15) is 5.10 Å². The van der Waals surface area contributed by atoms with Gasteiger partial charge in [-0.25, -0.2) is 0 Å². The Bertz CT molecular complexity index is 523. The highest BCUT2D eigenvalue weighted by Gasteiger charge is 2.06. The highest BCUT2D eigenvalue weighted by Crippen LogP contribution is 2.17. The Morgan fingerprint density at radius 3 is 3.00 bits per heavy atom. The van der Waals surface area contributed by atoms with Crippen LogP contribution in [0.25, 0.3) is 0 Å². The fourth-order valence-corrected chi connectivity index (χ4v) is 1.77. The lowest BCUT2D eigenvalue weighted by Crippen LogP contribution is -2.22. The molecule has 17 heavy (non-hydrogen) atoms. The first kappa shape index (κ1) is 11.9. The number of carbonyl (C=O) groups is 1. The molecule has 0 unspecified atom stereocenters. The molecule has 0 aliphatic heterocycles. The predicted molar refractivity (Wildman–Crippen MR) is 68.6 cm³/mol. The van der Waals surface area contributed by atoms with Crippen LogP contribution in [0, 0.1) is 6.92 Å². The minimum Gasteiger partial charge on any atom is -0.348 e. The van der Waals surface area contributed by atoms with Crippen molar-refractivity contribution in [3.63, 3.8) is 0 Å². The van der Waals surface area contributed by atoms with Crippen molar-refractivity contribution < 1.29 is 4.79 Å². The Kier molecular flexibility index (Phi) is 3.58. The summed E-state index contributed by atoms with van der Waals surface area (Å²) in [5.74, 6) is -0.0908. The second-order valence-corrected chi connectivity index (χ2v) is 4.61. The lowest BCUT2D eigenvalue weighted by molar-refractivity contribution is 0.0951. The van der Waals surface area contributed by atoms with Crippen LogP contribution in [-0.4, -0.2) is 16.1 Å². The van der Waals surface area contributed by atoms with E-state index >= 15 is 0 Å². The van der Waals surface area contributed by atoms with Gasteiger partial charge in [-0.15, -0.1) is 0 Å². The average Bonchev–Trinajstić information content (AvgIpc) is 2.82. The lowest BCUT2D eigenvalue weighted by atomic mass is 10.1. The number of benzene rings is 1. The zero-order valence-corrected chi connectivity index (χ0v) is 10.9. The third-order valence-corrected chi connectivity index (χ3v) is 3.30. The van der Waals surface area contributed by atoms with Gasteiger partial charge in [-0.1, -0.05) is 22.0 Å². The molecule has 1 aromatic heterocycles. The largest absolute Gasteiger partial charge is 0.348 e. The maximum atomic E-state index is 11.8. The van der Waals surface area contributed by atoms with Crippen LogP contribution < -0.4 is 5.32 Å². The average molecular weight is 294 g/mol. The van der Waals surface area contributed by atoms with Gasteiger partial charge in [0.05, 0.1) is 6.20 Å². The number of hydrogen-bond acceptors (Lipinski definition) is 2. The van der Waals surface area contributed by atoms with E-state index in [4.69, 9.17) is 0 Å². The van der Waals surface area contributed by atoms with E-state index in [2.05, 4.69) is 31.4 Å². The van der Waals surface area contributed by atoms with Crippen LogP contribution in [0.4, 0.5) is 0 Å². The summed E-state index contributed by atoms with van der Waals surface area (Å²) in [5.41, 5.74) is 2.70. The zero-order chi connectivity index (χ0) is 12.3. The van der Waals surface area contributed by atoms with Gasteiger partial charge in [0.15, 0.2) is 0 Å². The fourth-order valence-electron chi connectivity index (χ4n) is 1.39. The number of amides is 1. The monoisotopic (exact) mass is 293 g/mol. The molecule has 0 aliphatic carbocycles. The van der Waals surface area contributed by atoms with Crippen LogP contribution in [0.3, 0.4) is 0 Å². The van der Waals surface area contributed by atoms with Gasteiger partial charge < -0.3 is 5.32 Å². The number of aryl methyl sites for hydroxylation is 1. The molecule has 2 rings (SSSR count). The molecule has 1 heterocycles. The highest BCUT2D eigenvalue weighted by molar-refractivity contribution is 9.10. The van der Waals surface area contributed by atoms with Crippen LogP contribution in [0.2, 0.25) is 0 Å². The van der Waals surface area contributed by atoms with Crippen LogP contribution in [0.15, 0.2) is 35.1 Å². The lowest BCUT2D eigenvalue weighted by Gasteiger charge is -2.05. The van der Waals surface area contributed by atoms with Crippen molar-refractivity contribution in [3.05, 3.63) is 51.8 Å². The number of halogens is 1. The summed E-state index contributed by atoms with van der Waals surface area (Å²) in [7, 11) is 0. The molecule has 0 spiro atoms. The van der Waals surface area contributed by atoms with Crippen molar-refractivity contribution in [1.29, 1.82) is 0 Å². The van der Waals surface area contributed by atoms with Crippen LogP contribution >= 0.6 is 15.9 Å². The van der Waals surface area contributed by atoms with Crippen molar-refractivity contribution in [2.45, 2.75) is 13.5 Å². The summed E-state index contributed by atoms with van der Waals surface area (Å²) >= 11 is 3.41. The molecule has 88 valence electrons. The number of aromatic nitrogens is 2. The van der Waals surface area contributed by atoms with Crippen LogP contribution in [0.5, 0.6) is 0 Å². The van der Waals surface area contributed by atoms with Gasteiger partial charge in [0.2, 0.25) is 0 Å². The van der Waals surface area contributed by atoms with Gasteiger partial charge in [-0.3, -0.25) is 9.89 Å². The van der Waals surface area contributed by atoms with Crippen molar-refractivity contribution in [1.82, 2.24) is 15.5 Å². The molecule has 0 fully saturated rings. The molecule has 2 N–H and O–H groups in total. The van der Waals surface area contributed by atoms with Crippen molar-refractivity contribution >= 4 is 21.8 Å². The first-order valence-electron chi connectivity index (χ1n) is 5.19. The second kappa shape index (κ2) is 5.14. The van der Waals surface area contributed by atoms with E-state index < -0.39 is 0 Å². The zero-order valence-electron chi connectivity index (χ0n) is 9.33. The number of hydrogen-bond donors (Lipinski definition) is 2. The molecule has 0 saturated carbocycles. The summed E-state index contributed by atoms with van der Waals surface area (Å²) < 4.78 is 0.938. The SMILES string of the molecule is Cc1ccc(C(=O)NCc2cn[nH]c2)cc1Br. The molecule has 0 atom stereocenters. The minimum atomic E-state index is -0.0908. The molecule has 2 aromatic rings. The highest BCUT2D eigenvalue weighted by atomic mass is 79.9. The predicted octanol–water partition coefficient (Wildman–Crippen LogP) is 2.41. The molecule has 1 amide bonds. The minimum absolute atomic E-state index is 0.0908. The van der Waals surface area contributed by atoms with E-state index in [1.54, 1.807) is 12.4 Å². The number of nitrogens with one attached hydrogen (secondary N) is 2. The Morgan fingerprint density at radius 1 is 1.53 bits per heavy atom. The number of carbonyl (C=O) groups excluding carboxylic acids is 1. The molecule has 0 saturated heterocycles. The first-order valence-corrected chi connectivity index (χ1v) is 5.98. The normalized spacial score (nSPS) is 10.2. The topological polar surface area (TPSA) is 57.8 Å². The van der Waals surface area contributed by atoms with Crippen LogP contribution in [-0.2, 0) is 6.54 Å². The summed E-state index contributed by atoms with van der Waals surface area (Å²) in [4.78, 5) is 11.8. The quantitative estimate of drug-likeness (QED) is 0.913. The van der Waals surface area contributed by atoms with E-state index in [9.17, 15) is 4.79 Å². The molecular formula is C12H12BrN3O. The molecule has 4 nitrogen and oxygen atoms in total. The van der Waals surface area contributed by atoms with E-state index in [1.807, 2.05) is 25.1 Å². The van der Waals surface area contributed by atoms with Gasteiger partial charge >= 0.3 is 0 Å². The number of rotatable bonds is 3. The summed E-state index contributed by atoms with van der Waals surface area (Å²) in [6.07, 6.45) is 3.44. The summed E-state index contributed by atoms with van der Waals surface area (Å²) in [6.45, 7) is 2.46. The first-order chi connectivity index (χ1) is 8.16. The molecular weight excluding hydrogens is 282 g/mol. The Labute approximate surface area is 108 Å². The molecule has 1 aromatic carbocycles. The molecule has 0 bridgehead atoms. The Morgan fingerprint density at radius 2 is 2.35 bits per heavy atom. The van der Waals surface area contributed by atoms with Crippen molar-refractivity contribution in [2.75, 3.05) is 0 Å². The standard InChI is InChI=1S/C12H12BrN3O/c1-8-2-3-10(4-11(8)13)12(17)14-5-9-6-15-16-7-9/h2-4,6-7H,5H2,1H3,(H,14,17)(H,15,16). The van der Waals surface area contributed by atoms with Crippen molar-refractivity contribution in [3.8, 4) is 0 Å². The van der Waals surface area contributed by atoms with E-state index in [1.165, 1.54) is 0 Å². The Balaban J connectivity index is 2.02. The maximum Gasteiger partial charge on any atom is 0.251 e. The summed E-state index contributed by atoms with van der Waals surface area (Å²) in [6, 6.07) is 5.54. The molecule has 0 radical (unpaired) electrons. The van der Waals surface area contributed by atoms with Gasteiger partial charge in [0.1, 0.15) is 0 Å². The van der Waals surface area contributed by atoms with Gasteiger partial charge in [0, 0.05) is 28.3 Å². The van der Waals surface area contributed by atoms with Crippen LogP contribution in [0.1, 0.15) is 21.5 Å². The number of H-pyrrole nitrogens is 1. The number of nitrogens with zero attached hydrogens (tertiary/aromatic N) is 1. The fraction of sp³-hybridized carbons (Fsp3) is 0.167. The van der Waals surface area contributed by atoms with E-state index in [0.29, 0.717) is 12.1 Å². The van der Waals surface area contributed by atoms with E-state index in [0.717, 1.165) is 15.6 Å². The van der Waals surface area contributed by atoms with Gasteiger partial charge in [-0.05, 0) is 24.6 Å². The molecule has 5 heteroatoms. The van der Waals surface area contributed by atoms with E-state index in [-0.39, 0.29) is 5.91 Å². The smallest absolute Gasteiger partial charge is 0.251 e. The maximum absolute atomic E-state index is 11.8. The molecule has 0 aliphatic rings. The summed E-state index contributed by atoms with van der Waals surface area (Å²) in [5, 5.41) is 9.34. The van der Waals surface area contributed by atoms with Gasteiger partial charge in [0.25, 0.3) is 5.91 Å². The Hall–Kier alpha value is -1.62. The third-order valence-electron chi connectivity index (χ3n) is 2.44. The second-order valence-electron chi connectivity index (χ2n) is 3.75. The number of aromatic amines is 1. The third kappa shape index (κ3) is 2.94. The van der Waals surface area contributed by atoms with Crippen molar-refractivity contribution in [2.24, 2.45) is 0 Å².